The van der Waals surface area contributed by atoms with Crippen molar-refractivity contribution in [2.75, 3.05) is 6.54 Å². The predicted molar refractivity (Wildman–Crippen MR) is 65.7 cm³/mol. The highest BCUT2D eigenvalue weighted by atomic mass is 16.3. The summed E-state index contributed by atoms with van der Waals surface area (Å²) in [6, 6.07) is 10.7. The smallest absolute Gasteiger partial charge is 0.211 e. The number of benzene rings is 1. The van der Waals surface area contributed by atoms with Crippen molar-refractivity contribution in [2.24, 2.45) is 0 Å². The molecule has 1 saturated heterocycles. The second-order valence-electron chi connectivity index (χ2n) is 4.49. The van der Waals surface area contributed by atoms with Gasteiger partial charge in [-0.15, -0.1) is 0 Å². The average molecular weight is 228 g/mol. The third-order valence-electron chi connectivity index (χ3n) is 3.16. The van der Waals surface area contributed by atoms with E-state index in [0.717, 1.165) is 31.0 Å². The second-order valence-corrected chi connectivity index (χ2v) is 4.49. The van der Waals surface area contributed by atoms with Gasteiger partial charge in [-0.2, -0.15) is 0 Å². The molecule has 1 fully saturated rings. The number of oxazole rings is 1. The molecule has 3 nitrogen and oxygen atoms in total. The van der Waals surface area contributed by atoms with E-state index in [-0.39, 0.29) is 0 Å². The second kappa shape index (κ2) is 4.72. The molecule has 1 aliphatic rings. The maximum atomic E-state index is 5.55. The lowest BCUT2D eigenvalue weighted by atomic mass is 10.1. The van der Waals surface area contributed by atoms with Gasteiger partial charge in [0, 0.05) is 6.42 Å². The molecule has 0 aliphatic carbocycles. The van der Waals surface area contributed by atoms with Crippen molar-refractivity contribution >= 4 is 0 Å². The molecule has 0 spiro atoms. The van der Waals surface area contributed by atoms with E-state index >= 15 is 0 Å². The maximum absolute atomic E-state index is 5.55. The molecular formula is C14H16N2O. The van der Waals surface area contributed by atoms with Gasteiger partial charge in [0.15, 0.2) is 0 Å². The first kappa shape index (κ1) is 10.5. The molecule has 1 atom stereocenters. The molecule has 1 aromatic heterocycles. The summed E-state index contributed by atoms with van der Waals surface area (Å²) in [6.45, 7) is 1.07. The van der Waals surface area contributed by atoms with E-state index in [1.54, 1.807) is 6.26 Å². The summed E-state index contributed by atoms with van der Waals surface area (Å²) >= 11 is 0. The Balaban J connectivity index is 1.72. The van der Waals surface area contributed by atoms with Crippen LogP contribution in [0.1, 0.15) is 36.0 Å². The molecule has 3 rings (SSSR count). The zero-order valence-electron chi connectivity index (χ0n) is 9.73. The first-order valence-corrected chi connectivity index (χ1v) is 6.13. The Hall–Kier alpha value is -1.61. The lowest BCUT2D eigenvalue weighted by Gasteiger charge is -2.02. The highest BCUT2D eigenvalue weighted by Gasteiger charge is 2.20. The minimum atomic E-state index is 0.319. The number of aromatic nitrogens is 1. The molecular weight excluding hydrogens is 212 g/mol. The van der Waals surface area contributed by atoms with Crippen molar-refractivity contribution in [3.05, 3.63) is 53.7 Å². The zero-order chi connectivity index (χ0) is 11.5. The summed E-state index contributed by atoms with van der Waals surface area (Å²) in [6.07, 6.45) is 4.96. The van der Waals surface area contributed by atoms with Crippen molar-refractivity contribution < 1.29 is 4.42 Å². The molecule has 0 unspecified atom stereocenters. The van der Waals surface area contributed by atoms with Gasteiger partial charge in [0.1, 0.15) is 6.26 Å². The van der Waals surface area contributed by atoms with Gasteiger partial charge in [0.2, 0.25) is 5.89 Å². The van der Waals surface area contributed by atoms with Crippen LogP contribution in [0, 0.1) is 0 Å². The van der Waals surface area contributed by atoms with Crippen LogP contribution in [-0.2, 0) is 6.42 Å². The number of hydrogen-bond acceptors (Lipinski definition) is 3. The Morgan fingerprint density at radius 1 is 1.29 bits per heavy atom. The van der Waals surface area contributed by atoms with E-state index in [2.05, 4.69) is 34.6 Å². The molecule has 2 heterocycles. The topological polar surface area (TPSA) is 38.1 Å². The van der Waals surface area contributed by atoms with Crippen LogP contribution in [0.3, 0.4) is 0 Å². The van der Waals surface area contributed by atoms with Gasteiger partial charge >= 0.3 is 0 Å². The Kier molecular flexibility index (Phi) is 2.92. The highest BCUT2D eigenvalue weighted by Crippen LogP contribution is 2.22. The van der Waals surface area contributed by atoms with E-state index in [1.165, 1.54) is 12.0 Å². The zero-order valence-corrected chi connectivity index (χ0v) is 9.73. The van der Waals surface area contributed by atoms with Crippen LogP contribution in [0.5, 0.6) is 0 Å². The van der Waals surface area contributed by atoms with Crippen molar-refractivity contribution in [1.29, 1.82) is 0 Å². The third kappa shape index (κ3) is 2.39. The van der Waals surface area contributed by atoms with Crippen molar-refractivity contribution in [3.8, 4) is 0 Å². The molecule has 1 N–H and O–H groups in total. The van der Waals surface area contributed by atoms with E-state index in [4.69, 9.17) is 4.42 Å². The van der Waals surface area contributed by atoms with Crippen molar-refractivity contribution in [3.63, 3.8) is 0 Å². The van der Waals surface area contributed by atoms with Gasteiger partial charge in [0.05, 0.1) is 11.7 Å². The minimum Gasteiger partial charge on any atom is -0.447 e. The molecule has 0 saturated carbocycles. The Morgan fingerprint density at radius 3 is 2.94 bits per heavy atom. The molecule has 1 aromatic carbocycles. The molecule has 17 heavy (non-hydrogen) atoms. The van der Waals surface area contributed by atoms with Gasteiger partial charge in [0.25, 0.3) is 0 Å². The Morgan fingerprint density at radius 2 is 2.18 bits per heavy atom. The van der Waals surface area contributed by atoms with Crippen LogP contribution in [-0.4, -0.2) is 11.5 Å². The molecule has 1 aliphatic heterocycles. The van der Waals surface area contributed by atoms with Gasteiger partial charge in [-0.25, -0.2) is 4.98 Å². The Labute approximate surface area is 101 Å². The van der Waals surface area contributed by atoms with Crippen LogP contribution in [0.2, 0.25) is 0 Å². The summed E-state index contributed by atoms with van der Waals surface area (Å²) in [7, 11) is 0. The van der Waals surface area contributed by atoms with E-state index in [9.17, 15) is 0 Å². The fourth-order valence-electron chi connectivity index (χ4n) is 2.26. The number of nitrogens with one attached hydrogen (secondary N) is 1. The first-order valence-electron chi connectivity index (χ1n) is 6.13. The number of nitrogens with zero attached hydrogens (tertiary/aromatic N) is 1. The van der Waals surface area contributed by atoms with E-state index < -0.39 is 0 Å². The summed E-state index contributed by atoms with van der Waals surface area (Å²) in [5, 5.41) is 3.39. The minimum absolute atomic E-state index is 0.319. The summed E-state index contributed by atoms with van der Waals surface area (Å²) < 4.78 is 5.55. The lowest BCUT2D eigenvalue weighted by Crippen LogP contribution is -2.13. The molecule has 3 heteroatoms. The molecule has 0 radical (unpaired) electrons. The van der Waals surface area contributed by atoms with E-state index in [1.807, 2.05) is 6.07 Å². The SMILES string of the molecule is c1ccc(Cc2coc([C@@H]3CCCN3)n2)cc1. The first-order chi connectivity index (χ1) is 8.42. The van der Waals surface area contributed by atoms with Gasteiger partial charge in [-0.3, -0.25) is 0 Å². The van der Waals surface area contributed by atoms with Crippen LogP contribution >= 0.6 is 0 Å². The average Bonchev–Trinajstić information content (AvgIpc) is 3.00. The predicted octanol–water partition coefficient (Wildman–Crippen LogP) is 2.69. The summed E-state index contributed by atoms with van der Waals surface area (Å²) in [5.74, 6) is 0.841. The number of hydrogen-bond donors (Lipinski definition) is 1. The van der Waals surface area contributed by atoms with E-state index in [0.29, 0.717) is 6.04 Å². The quantitative estimate of drug-likeness (QED) is 0.877. The largest absolute Gasteiger partial charge is 0.447 e. The van der Waals surface area contributed by atoms with Crippen LogP contribution in [0.25, 0.3) is 0 Å². The summed E-state index contributed by atoms with van der Waals surface area (Å²) in [4.78, 5) is 4.56. The normalized spacial score (nSPS) is 19.6. The van der Waals surface area contributed by atoms with Gasteiger partial charge in [-0.05, 0) is 24.9 Å². The third-order valence-corrected chi connectivity index (χ3v) is 3.16. The van der Waals surface area contributed by atoms with Crippen molar-refractivity contribution in [2.45, 2.75) is 25.3 Å². The molecule has 2 aromatic rings. The van der Waals surface area contributed by atoms with Crippen molar-refractivity contribution in [1.82, 2.24) is 10.3 Å². The molecule has 0 amide bonds. The summed E-state index contributed by atoms with van der Waals surface area (Å²) in [5.41, 5.74) is 2.28. The van der Waals surface area contributed by atoms with Gasteiger partial charge < -0.3 is 9.73 Å². The highest BCUT2D eigenvalue weighted by molar-refractivity contribution is 5.20. The molecule has 88 valence electrons. The standard InChI is InChI=1S/C14H16N2O/c1-2-5-11(6-3-1)9-12-10-17-14(16-12)13-7-4-8-15-13/h1-3,5-6,10,13,15H,4,7-9H2/t13-/m0/s1. The fourth-order valence-corrected chi connectivity index (χ4v) is 2.26. The van der Waals surface area contributed by atoms with Crippen LogP contribution < -0.4 is 5.32 Å². The monoisotopic (exact) mass is 228 g/mol. The van der Waals surface area contributed by atoms with Crippen LogP contribution in [0.4, 0.5) is 0 Å². The van der Waals surface area contributed by atoms with Crippen LogP contribution in [0.15, 0.2) is 41.0 Å². The molecule has 0 bridgehead atoms. The Bertz CT molecular complexity index is 472. The van der Waals surface area contributed by atoms with Gasteiger partial charge in [-0.1, -0.05) is 30.3 Å². The lowest BCUT2D eigenvalue weighted by molar-refractivity contribution is 0.429. The maximum Gasteiger partial charge on any atom is 0.211 e. The fraction of sp³-hybridized carbons (Fsp3) is 0.357. The number of rotatable bonds is 3.